The molecule has 0 saturated carbocycles. The second-order valence-electron chi connectivity index (χ2n) is 5.49. The average molecular weight is 416 g/mol. The summed E-state index contributed by atoms with van der Waals surface area (Å²) < 4.78 is 11.1. The zero-order chi connectivity index (χ0) is 19.2. The largest absolute Gasteiger partial charge is 0.478 e. The van der Waals surface area contributed by atoms with Crippen molar-refractivity contribution >= 4 is 51.7 Å². The Hall–Kier alpha value is -1.84. The Labute approximate surface area is 164 Å². The van der Waals surface area contributed by atoms with Gasteiger partial charge in [0.05, 0.1) is 12.4 Å². The summed E-state index contributed by atoms with van der Waals surface area (Å²) in [7, 11) is 0. The second kappa shape index (κ2) is 9.20. The van der Waals surface area contributed by atoms with Gasteiger partial charge in [-0.1, -0.05) is 34.7 Å². The van der Waals surface area contributed by atoms with E-state index in [1.807, 2.05) is 0 Å². The van der Waals surface area contributed by atoms with Crippen LogP contribution in [0.15, 0.2) is 28.6 Å². The summed E-state index contributed by atoms with van der Waals surface area (Å²) in [6.07, 6.45) is 0. The molecule has 2 aromatic rings. The maximum absolute atomic E-state index is 12.5. The third kappa shape index (κ3) is 6.15. The number of hydrogen-bond donors (Lipinski definition) is 1. The summed E-state index contributed by atoms with van der Waals surface area (Å²) in [5, 5.41) is 11.4. The lowest BCUT2D eigenvalue weighted by molar-refractivity contribution is -0.139. The molecule has 0 aliphatic carbocycles. The van der Waals surface area contributed by atoms with Gasteiger partial charge in [0.25, 0.3) is 5.91 Å². The highest BCUT2D eigenvalue weighted by atomic mass is 35.5. The van der Waals surface area contributed by atoms with Crippen LogP contribution in [0.25, 0.3) is 0 Å². The smallest absolute Gasteiger partial charge is 0.316 e. The molecule has 0 radical (unpaired) electrons. The lowest BCUT2D eigenvalue weighted by Gasteiger charge is -2.24. The fourth-order valence-corrected chi connectivity index (χ4v) is 3.40. The van der Waals surface area contributed by atoms with Crippen molar-refractivity contribution in [1.82, 2.24) is 10.2 Å². The fourth-order valence-electron chi connectivity index (χ4n) is 1.73. The number of rotatable bonds is 8. The predicted molar refractivity (Wildman–Crippen MR) is 102 cm³/mol. The molecule has 1 aromatic heterocycles. The molecule has 1 heterocycles. The van der Waals surface area contributed by atoms with Crippen LogP contribution in [0, 0.1) is 0 Å². The summed E-state index contributed by atoms with van der Waals surface area (Å²) in [6.45, 7) is 5.37. The molecule has 10 heteroatoms. The maximum atomic E-state index is 12.5. The van der Waals surface area contributed by atoms with E-state index in [9.17, 15) is 9.59 Å². The molecule has 140 valence electrons. The number of carbonyl (C=O) groups excluding carboxylic acids is 2. The standard InChI is InChI=1S/C16H18ClN3O4S2/c1-4-23-12(21)9-25-15-20-19-14(26-15)18-13(22)16(2,3)24-11-7-5-10(17)6-8-11/h5-8H,4,9H2,1-3H3,(H,18,19,22). The number of aromatic nitrogens is 2. The third-order valence-corrected chi connectivity index (χ3v) is 5.18. The molecule has 7 nitrogen and oxygen atoms in total. The molecule has 1 amide bonds. The number of esters is 1. The van der Waals surface area contributed by atoms with E-state index in [0.29, 0.717) is 26.9 Å². The van der Waals surface area contributed by atoms with E-state index in [0.717, 1.165) is 0 Å². The molecular weight excluding hydrogens is 398 g/mol. The lowest BCUT2D eigenvalue weighted by Crippen LogP contribution is -2.42. The minimum Gasteiger partial charge on any atom is -0.478 e. The molecule has 0 fully saturated rings. The minimum absolute atomic E-state index is 0.140. The zero-order valence-electron chi connectivity index (χ0n) is 14.4. The topological polar surface area (TPSA) is 90.4 Å². The average Bonchev–Trinajstić information content (AvgIpc) is 3.02. The van der Waals surface area contributed by atoms with Crippen LogP contribution >= 0.6 is 34.7 Å². The highest BCUT2D eigenvalue weighted by Crippen LogP contribution is 2.27. The van der Waals surface area contributed by atoms with Crippen molar-refractivity contribution in [3.05, 3.63) is 29.3 Å². The van der Waals surface area contributed by atoms with Crippen molar-refractivity contribution in [3.63, 3.8) is 0 Å². The van der Waals surface area contributed by atoms with Crippen molar-refractivity contribution in [3.8, 4) is 5.75 Å². The Morgan fingerprint density at radius 2 is 1.96 bits per heavy atom. The molecule has 1 N–H and O–H groups in total. The van der Waals surface area contributed by atoms with Gasteiger partial charge in [-0.05, 0) is 45.0 Å². The number of carbonyl (C=O) groups is 2. The molecule has 2 rings (SSSR count). The summed E-state index contributed by atoms with van der Waals surface area (Å²) in [4.78, 5) is 23.8. The van der Waals surface area contributed by atoms with Gasteiger partial charge in [-0.3, -0.25) is 14.9 Å². The van der Waals surface area contributed by atoms with Crippen molar-refractivity contribution in [1.29, 1.82) is 0 Å². The molecule has 1 aromatic carbocycles. The summed E-state index contributed by atoms with van der Waals surface area (Å²) in [5.41, 5.74) is -1.13. The quantitative estimate of drug-likeness (QED) is 0.399. The van der Waals surface area contributed by atoms with Gasteiger partial charge in [0.2, 0.25) is 5.13 Å². The van der Waals surface area contributed by atoms with E-state index in [-0.39, 0.29) is 17.6 Å². The number of hydrogen-bond acceptors (Lipinski definition) is 8. The van der Waals surface area contributed by atoms with E-state index in [4.69, 9.17) is 21.1 Å². The number of ether oxygens (including phenoxy) is 2. The fraction of sp³-hybridized carbons (Fsp3) is 0.375. The Morgan fingerprint density at radius 3 is 2.62 bits per heavy atom. The Balaban J connectivity index is 1.91. The molecule has 0 aliphatic heterocycles. The van der Waals surface area contributed by atoms with Gasteiger partial charge in [0, 0.05) is 5.02 Å². The minimum atomic E-state index is -1.13. The first-order valence-electron chi connectivity index (χ1n) is 7.68. The van der Waals surface area contributed by atoms with Crippen LogP contribution in [-0.2, 0) is 14.3 Å². The van der Waals surface area contributed by atoms with Crippen LogP contribution in [0.2, 0.25) is 5.02 Å². The van der Waals surface area contributed by atoms with Gasteiger partial charge in [-0.25, -0.2) is 0 Å². The van der Waals surface area contributed by atoms with E-state index >= 15 is 0 Å². The molecule has 0 saturated heterocycles. The summed E-state index contributed by atoms with van der Waals surface area (Å²) in [6, 6.07) is 6.74. The van der Waals surface area contributed by atoms with E-state index in [2.05, 4.69) is 15.5 Å². The van der Waals surface area contributed by atoms with Crippen LogP contribution < -0.4 is 10.1 Å². The second-order valence-corrected chi connectivity index (χ2v) is 8.12. The van der Waals surface area contributed by atoms with Gasteiger partial charge < -0.3 is 9.47 Å². The van der Waals surface area contributed by atoms with Crippen molar-refractivity contribution in [2.24, 2.45) is 0 Å². The van der Waals surface area contributed by atoms with Gasteiger partial charge in [-0.2, -0.15) is 0 Å². The van der Waals surface area contributed by atoms with Crippen molar-refractivity contribution in [2.75, 3.05) is 17.7 Å². The zero-order valence-corrected chi connectivity index (χ0v) is 16.8. The van der Waals surface area contributed by atoms with E-state index in [1.54, 1.807) is 45.0 Å². The first-order valence-corrected chi connectivity index (χ1v) is 9.86. The highest BCUT2D eigenvalue weighted by Gasteiger charge is 2.31. The molecule has 0 bridgehead atoms. The SMILES string of the molecule is CCOC(=O)CSc1nnc(NC(=O)C(C)(C)Oc2ccc(Cl)cc2)s1. The van der Waals surface area contributed by atoms with Crippen molar-refractivity contribution < 1.29 is 19.1 Å². The molecule has 0 atom stereocenters. The first-order chi connectivity index (χ1) is 12.3. The molecule has 0 aliphatic rings. The third-order valence-electron chi connectivity index (χ3n) is 2.98. The van der Waals surface area contributed by atoms with Crippen molar-refractivity contribution in [2.45, 2.75) is 30.7 Å². The maximum Gasteiger partial charge on any atom is 0.316 e. The molecular formula is C16H18ClN3O4S2. The summed E-state index contributed by atoms with van der Waals surface area (Å²) in [5.74, 6) is -0.0273. The highest BCUT2D eigenvalue weighted by molar-refractivity contribution is 8.01. The van der Waals surface area contributed by atoms with Crippen LogP contribution in [-0.4, -0.2) is 40.0 Å². The van der Waals surface area contributed by atoms with Crippen LogP contribution in [0.5, 0.6) is 5.75 Å². The van der Waals surface area contributed by atoms with Gasteiger partial charge >= 0.3 is 5.97 Å². The number of anilines is 1. The van der Waals surface area contributed by atoms with Crippen LogP contribution in [0.1, 0.15) is 20.8 Å². The van der Waals surface area contributed by atoms with Crippen LogP contribution in [0.3, 0.4) is 0 Å². The van der Waals surface area contributed by atoms with E-state index < -0.39 is 5.60 Å². The predicted octanol–water partition coefficient (Wildman–Crippen LogP) is 3.64. The Kier molecular flexibility index (Phi) is 7.24. The van der Waals surface area contributed by atoms with Gasteiger partial charge in [0.1, 0.15) is 5.75 Å². The number of nitrogens with zero attached hydrogens (tertiary/aromatic N) is 2. The van der Waals surface area contributed by atoms with Crippen LogP contribution in [0.4, 0.5) is 5.13 Å². The Morgan fingerprint density at radius 1 is 1.27 bits per heavy atom. The number of amides is 1. The number of halogens is 1. The number of nitrogens with one attached hydrogen (secondary N) is 1. The number of benzene rings is 1. The number of thioether (sulfide) groups is 1. The monoisotopic (exact) mass is 415 g/mol. The lowest BCUT2D eigenvalue weighted by atomic mass is 10.1. The molecule has 0 spiro atoms. The van der Waals surface area contributed by atoms with Gasteiger partial charge in [0.15, 0.2) is 9.94 Å². The molecule has 26 heavy (non-hydrogen) atoms. The molecule has 0 unspecified atom stereocenters. The Bertz CT molecular complexity index is 765. The van der Waals surface area contributed by atoms with E-state index in [1.165, 1.54) is 23.1 Å². The summed E-state index contributed by atoms with van der Waals surface area (Å²) >= 11 is 8.22. The normalized spacial score (nSPS) is 11.1. The first kappa shape index (κ1) is 20.5. The van der Waals surface area contributed by atoms with Gasteiger partial charge in [-0.15, -0.1) is 10.2 Å².